The number of carboxylic acid groups (broad SMARTS) is 1. The fraction of sp³-hybridized carbons (Fsp3) is 0.0667. The van der Waals surface area contributed by atoms with E-state index in [2.05, 4.69) is 5.10 Å². The van der Waals surface area contributed by atoms with Crippen molar-refractivity contribution in [3.05, 3.63) is 53.5 Å². The van der Waals surface area contributed by atoms with Crippen molar-refractivity contribution in [3.63, 3.8) is 0 Å². The van der Waals surface area contributed by atoms with Gasteiger partial charge in [0.05, 0.1) is 17.7 Å². The SMILES string of the molecule is COc1ccc(-n2cc(C(=O)O)c(-c3cccs3)n2)cc1. The quantitative estimate of drug-likeness (QED) is 0.803. The molecule has 0 saturated heterocycles. The Morgan fingerprint density at radius 1 is 1.29 bits per heavy atom. The summed E-state index contributed by atoms with van der Waals surface area (Å²) in [7, 11) is 1.60. The van der Waals surface area contributed by atoms with Gasteiger partial charge in [0.25, 0.3) is 0 Å². The van der Waals surface area contributed by atoms with E-state index in [1.54, 1.807) is 11.8 Å². The molecule has 0 amide bonds. The smallest absolute Gasteiger partial charge is 0.339 e. The molecule has 1 N–H and O–H groups in total. The standard InChI is InChI=1S/C15H12N2O3S/c1-20-11-6-4-10(5-7-11)17-9-12(15(18)19)14(16-17)13-3-2-8-21-13/h2-9H,1H3,(H,18,19). The largest absolute Gasteiger partial charge is 0.497 e. The Morgan fingerprint density at radius 2 is 2.05 bits per heavy atom. The van der Waals surface area contributed by atoms with Gasteiger partial charge in [-0.2, -0.15) is 5.10 Å². The minimum absolute atomic E-state index is 0.188. The summed E-state index contributed by atoms with van der Waals surface area (Å²) >= 11 is 1.46. The van der Waals surface area contributed by atoms with Crippen LogP contribution in [0.5, 0.6) is 5.75 Å². The molecular weight excluding hydrogens is 288 g/mol. The molecule has 106 valence electrons. The van der Waals surface area contributed by atoms with Crippen LogP contribution in [0.4, 0.5) is 0 Å². The number of aromatic carboxylic acids is 1. The topological polar surface area (TPSA) is 64.3 Å². The highest BCUT2D eigenvalue weighted by Crippen LogP contribution is 2.28. The highest BCUT2D eigenvalue weighted by Gasteiger charge is 2.18. The van der Waals surface area contributed by atoms with Crippen molar-refractivity contribution in [2.24, 2.45) is 0 Å². The Morgan fingerprint density at radius 3 is 2.62 bits per heavy atom. The average Bonchev–Trinajstić information content (AvgIpc) is 3.16. The summed E-state index contributed by atoms with van der Waals surface area (Å²) in [6, 6.07) is 11.0. The molecule has 5 nitrogen and oxygen atoms in total. The second-order valence-corrected chi connectivity index (χ2v) is 5.26. The summed E-state index contributed by atoms with van der Waals surface area (Å²) in [5.41, 5.74) is 1.45. The lowest BCUT2D eigenvalue weighted by atomic mass is 10.2. The lowest BCUT2D eigenvalue weighted by Crippen LogP contribution is -1.96. The number of hydrogen-bond donors (Lipinski definition) is 1. The summed E-state index contributed by atoms with van der Waals surface area (Å²) in [5, 5.41) is 15.6. The molecule has 0 aliphatic heterocycles. The minimum Gasteiger partial charge on any atom is -0.497 e. The van der Waals surface area contributed by atoms with E-state index < -0.39 is 5.97 Å². The van der Waals surface area contributed by atoms with E-state index in [0.717, 1.165) is 16.3 Å². The van der Waals surface area contributed by atoms with Crippen molar-refractivity contribution in [1.29, 1.82) is 0 Å². The average molecular weight is 300 g/mol. The zero-order chi connectivity index (χ0) is 14.8. The van der Waals surface area contributed by atoms with Crippen LogP contribution in [-0.4, -0.2) is 28.0 Å². The van der Waals surface area contributed by atoms with E-state index in [0.29, 0.717) is 5.69 Å². The van der Waals surface area contributed by atoms with Crippen molar-refractivity contribution in [2.75, 3.05) is 7.11 Å². The Bertz CT molecular complexity index is 761. The van der Waals surface area contributed by atoms with E-state index in [9.17, 15) is 9.90 Å². The second-order valence-electron chi connectivity index (χ2n) is 4.32. The molecule has 3 rings (SSSR count). The Kier molecular flexibility index (Phi) is 3.45. The molecule has 0 spiro atoms. The summed E-state index contributed by atoms with van der Waals surface area (Å²) < 4.78 is 6.68. The lowest BCUT2D eigenvalue weighted by Gasteiger charge is -2.03. The highest BCUT2D eigenvalue weighted by molar-refractivity contribution is 7.13. The van der Waals surface area contributed by atoms with Crippen molar-refractivity contribution in [2.45, 2.75) is 0 Å². The number of benzene rings is 1. The molecule has 0 unspecified atom stereocenters. The number of ether oxygens (including phenoxy) is 1. The molecule has 21 heavy (non-hydrogen) atoms. The first-order valence-corrected chi connectivity index (χ1v) is 7.08. The van der Waals surface area contributed by atoms with Crippen LogP contribution in [0.1, 0.15) is 10.4 Å². The van der Waals surface area contributed by atoms with E-state index in [4.69, 9.17) is 4.74 Å². The molecule has 0 bridgehead atoms. The van der Waals surface area contributed by atoms with Crippen LogP contribution >= 0.6 is 11.3 Å². The number of thiophene rings is 1. The van der Waals surface area contributed by atoms with Gasteiger partial charge in [0.15, 0.2) is 0 Å². The zero-order valence-corrected chi connectivity index (χ0v) is 12.0. The Hall–Kier alpha value is -2.60. The second kappa shape index (κ2) is 5.41. The maximum absolute atomic E-state index is 11.4. The third-order valence-corrected chi connectivity index (χ3v) is 3.91. The van der Waals surface area contributed by atoms with E-state index in [-0.39, 0.29) is 5.56 Å². The Labute approximate surface area is 125 Å². The van der Waals surface area contributed by atoms with Crippen molar-refractivity contribution in [1.82, 2.24) is 9.78 Å². The minimum atomic E-state index is -0.988. The summed E-state index contributed by atoms with van der Waals surface area (Å²) in [4.78, 5) is 12.2. The number of carboxylic acids is 1. The first-order valence-electron chi connectivity index (χ1n) is 6.20. The van der Waals surface area contributed by atoms with Gasteiger partial charge < -0.3 is 9.84 Å². The van der Waals surface area contributed by atoms with Crippen molar-refractivity contribution in [3.8, 4) is 22.0 Å². The Balaban J connectivity index is 2.07. The first-order chi connectivity index (χ1) is 10.2. The summed E-state index contributed by atoms with van der Waals surface area (Å²) in [6.45, 7) is 0. The van der Waals surface area contributed by atoms with Gasteiger partial charge in [-0.15, -0.1) is 11.3 Å². The third kappa shape index (κ3) is 2.53. The van der Waals surface area contributed by atoms with Gasteiger partial charge in [0.2, 0.25) is 0 Å². The number of nitrogens with zero attached hydrogens (tertiary/aromatic N) is 2. The van der Waals surface area contributed by atoms with Crippen LogP contribution < -0.4 is 4.74 Å². The predicted molar refractivity (Wildman–Crippen MR) is 80.4 cm³/mol. The van der Waals surface area contributed by atoms with Crippen LogP contribution in [0, 0.1) is 0 Å². The molecule has 0 atom stereocenters. The number of rotatable bonds is 4. The number of carbonyl (C=O) groups is 1. The molecule has 0 fully saturated rings. The van der Waals surface area contributed by atoms with Crippen molar-refractivity contribution < 1.29 is 14.6 Å². The number of methoxy groups -OCH3 is 1. The van der Waals surface area contributed by atoms with Gasteiger partial charge >= 0.3 is 5.97 Å². The van der Waals surface area contributed by atoms with Crippen LogP contribution in [0.25, 0.3) is 16.3 Å². The lowest BCUT2D eigenvalue weighted by molar-refractivity contribution is 0.0697. The maximum atomic E-state index is 11.4. The highest BCUT2D eigenvalue weighted by atomic mass is 32.1. The van der Waals surface area contributed by atoms with Crippen LogP contribution in [0.3, 0.4) is 0 Å². The van der Waals surface area contributed by atoms with Gasteiger partial charge in [0, 0.05) is 6.20 Å². The monoisotopic (exact) mass is 300 g/mol. The third-order valence-electron chi connectivity index (χ3n) is 3.04. The molecule has 0 aliphatic rings. The molecule has 3 aromatic rings. The molecule has 0 aliphatic carbocycles. The molecule has 2 aromatic heterocycles. The normalized spacial score (nSPS) is 10.5. The van der Waals surface area contributed by atoms with Gasteiger partial charge in [0.1, 0.15) is 17.0 Å². The van der Waals surface area contributed by atoms with E-state index in [1.165, 1.54) is 17.5 Å². The van der Waals surface area contributed by atoms with E-state index in [1.807, 2.05) is 41.8 Å². The molecule has 0 radical (unpaired) electrons. The van der Waals surface area contributed by atoms with Gasteiger partial charge in [-0.1, -0.05) is 6.07 Å². The van der Waals surface area contributed by atoms with Crippen LogP contribution in [0.15, 0.2) is 48.0 Å². The first kappa shape index (κ1) is 13.4. The molecule has 0 saturated carbocycles. The zero-order valence-electron chi connectivity index (χ0n) is 11.2. The fourth-order valence-electron chi connectivity index (χ4n) is 1.99. The molecule has 1 aromatic carbocycles. The van der Waals surface area contributed by atoms with Crippen LogP contribution in [0.2, 0.25) is 0 Å². The molecule has 6 heteroatoms. The van der Waals surface area contributed by atoms with Crippen LogP contribution in [-0.2, 0) is 0 Å². The maximum Gasteiger partial charge on any atom is 0.339 e. The van der Waals surface area contributed by atoms with Gasteiger partial charge in [-0.05, 0) is 35.7 Å². The van der Waals surface area contributed by atoms with Gasteiger partial charge in [-0.3, -0.25) is 0 Å². The number of hydrogen-bond acceptors (Lipinski definition) is 4. The summed E-state index contributed by atoms with van der Waals surface area (Å²) in [5.74, 6) is -0.249. The fourth-order valence-corrected chi connectivity index (χ4v) is 2.72. The van der Waals surface area contributed by atoms with Gasteiger partial charge in [-0.25, -0.2) is 9.48 Å². The predicted octanol–water partition coefficient (Wildman–Crippen LogP) is 3.31. The molecular formula is C15H12N2O3S. The summed E-state index contributed by atoms with van der Waals surface area (Å²) in [6.07, 6.45) is 1.53. The van der Waals surface area contributed by atoms with E-state index >= 15 is 0 Å². The number of aromatic nitrogens is 2. The van der Waals surface area contributed by atoms with Crippen molar-refractivity contribution >= 4 is 17.3 Å². The molecule has 2 heterocycles.